The number of hydrogen-bond acceptors (Lipinski definition) is 6. The number of nitrogens with zero attached hydrogens (tertiary/aromatic N) is 4. The molecule has 20 heavy (non-hydrogen) atoms. The molecular weight excluding hydrogens is 268 g/mol. The summed E-state index contributed by atoms with van der Waals surface area (Å²) in [6.45, 7) is 3.70. The third-order valence-corrected chi connectivity index (χ3v) is 3.39. The zero-order chi connectivity index (χ0) is 15.0. The van der Waals surface area contributed by atoms with Crippen LogP contribution in [0.4, 0.5) is 11.5 Å². The lowest BCUT2D eigenvalue weighted by Crippen LogP contribution is -2.37. The molecule has 2 rings (SSSR count). The number of anilines is 1. The molecule has 0 spiro atoms. The van der Waals surface area contributed by atoms with E-state index in [0.717, 1.165) is 0 Å². The van der Waals surface area contributed by atoms with Gasteiger partial charge in [0, 0.05) is 19.5 Å². The van der Waals surface area contributed by atoms with Crippen molar-refractivity contribution in [3.63, 3.8) is 0 Å². The minimum atomic E-state index is -1.11. The van der Waals surface area contributed by atoms with E-state index in [4.69, 9.17) is 0 Å². The molecule has 2 unspecified atom stereocenters. The maximum absolute atomic E-state index is 11.3. The summed E-state index contributed by atoms with van der Waals surface area (Å²) in [6, 6.07) is -0.981. The van der Waals surface area contributed by atoms with Gasteiger partial charge in [-0.3, -0.25) is 10.1 Å². The summed E-state index contributed by atoms with van der Waals surface area (Å²) in [5, 5.41) is 34.2. The molecule has 0 bridgehead atoms. The predicted octanol–water partition coefficient (Wildman–Crippen LogP) is 0.144. The molecule has 0 aliphatic carbocycles. The minimum absolute atomic E-state index is 0.0421. The van der Waals surface area contributed by atoms with Gasteiger partial charge in [-0.1, -0.05) is 0 Å². The number of aromatic nitrogens is 2. The Morgan fingerprint density at radius 1 is 1.60 bits per heavy atom. The Morgan fingerprint density at radius 3 is 2.75 bits per heavy atom. The van der Waals surface area contributed by atoms with E-state index in [0.29, 0.717) is 6.54 Å². The molecule has 2 N–H and O–H groups in total. The monoisotopic (exact) mass is 284 g/mol. The Hall–Kier alpha value is -2.16. The van der Waals surface area contributed by atoms with E-state index in [1.54, 1.807) is 6.92 Å². The summed E-state index contributed by atoms with van der Waals surface area (Å²) < 4.78 is 1.40. The van der Waals surface area contributed by atoms with Crippen molar-refractivity contribution in [1.82, 2.24) is 9.78 Å². The summed E-state index contributed by atoms with van der Waals surface area (Å²) in [5.41, 5.74) is 0.0320. The van der Waals surface area contributed by atoms with E-state index in [-0.39, 0.29) is 30.2 Å². The second kappa shape index (κ2) is 5.08. The van der Waals surface area contributed by atoms with Crippen LogP contribution in [0.5, 0.6) is 0 Å². The molecule has 0 aromatic carbocycles. The van der Waals surface area contributed by atoms with Crippen LogP contribution in [0.25, 0.3) is 0 Å². The van der Waals surface area contributed by atoms with Gasteiger partial charge in [0.25, 0.3) is 0 Å². The Kier molecular flexibility index (Phi) is 3.62. The van der Waals surface area contributed by atoms with E-state index in [1.165, 1.54) is 16.5 Å². The van der Waals surface area contributed by atoms with Crippen LogP contribution in [-0.2, 0) is 11.3 Å². The lowest BCUT2D eigenvalue weighted by molar-refractivity contribution is -0.384. The normalized spacial score (nSPS) is 22.2. The molecule has 1 aliphatic rings. The maximum atomic E-state index is 11.3. The van der Waals surface area contributed by atoms with Crippen LogP contribution < -0.4 is 4.90 Å². The van der Waals surface area contributed by atoms with Crippen LogP contribution >= 0.6 is 0 Å². The smallest absolute Gasteiger partial charge is 0.333 e. The third-order valence-electron chi connectivity index (χ3n) is 3.39. The highest BCUT2D eigenvalue weighted by molar-refractivity contribution is 5.80. The summed E-state index contributed by atoms with van der Waals surface area (Å²) in [5.74, 6) is -0.962. The van der Waals surface area contributed by atoms with Gasteiger partial charge in [0.05, 0.1) is 11.0 Å². The van der Waals surface area contributed by atoms with E-state index in [9.17, 15) is 25.1 Å². The Bertz CT molecular complexity index is 555. The van der Waals surface area contributed by atoms with Crippen LogP contribution in [0, 0.1) is 17.0 Å². The van der Waals surface area contributed by atoms with Crippen molar-refractivity contribution in [2.24, 2.45) is 0 Å². The molecule has 1 aliphatic heterocycles. The van der Waals surface area contributed by atoms with Crippen LogP contribution in [0.1, 0.15) is 19.0 Å². The van der Waals surface area contributed by atoms with Crippen molar-refractivity contribution < 1.29 is 19.9 Å². The first-order chi connectivity index (χ1) is 9.36. The number of nitro groups is 1. The fraction of sp³-hybridized carbons (Fsp3) is 0.636. The molecule has 0 amide bonds. The molecule has 0 radical (unpaired) electrons. The van der Waals surface area contributed by atoms with Gasteiger partial charge in [0.15, 0.2) is 0 Å². The molecule has 9 nitrogen and oxygen atoms in total. The van der Waals surface area contributed by atoms with Gasteiger partial charge in [-0.05, 0) is 13.8 Å². The van der Waals surface area contributed by atoms with Gasteiger partial charge in [0.1, 0.15) is 11.7 Å². The Balaban J connectivity index is 2.55. The average Bonchev–Trinajstić information content (AvgIpc) is 2.88. The zero-order valence-corrected chi connectivity index (χ0v) is 11.2. The van der Waals surface area contributed by atoms with Crippen LogP contribution in [0.2, 0.25) is 0 Å². The fourth-order valence-electron chi connectivity index (χ4n) is 2.56. The summed E-state index contributed by atoms with van der Waals surface area (Å²) in [6.07, 6.45) is -0.781. The number of hydrogen-bond donors (Lipinski definition) is 2. The fourth-order valence-corrected chi connectivity index (χ4v) is 2.56. The first kappa shape index (κ1) is 14.3. The van der Waals surface area contributed by atoms with Gasteiger partial charge in [-0.25, -0.2) is 9.48 Å². The van der Waals surface area contributed by atoms with Gasteiger partial charge in [-0.2, -0.15) is 5.10 Å². The largest absolute Gasteiger partial charge is 0.480 e. The van der Waals surface area contributed by atoms with Crippen LogP contribution in [0.3, 0.4) is 0 Å². The van der Waals surface area contributed by atoms with E-state index in [1.807, 2.05) is 0 Å². The molecule has 0 saturated carbocycles. The Morgan fingerprint density at radius 2 is 2.25 bits per heavy atom. The predicted molar refractivity (Wildman–Crippen MR) is 68.7 cm³/mol. The molecular formula is C11H16N4O5. The first-order valence-electron chi connectivity index (χ1n) is 6.26. The molecule has 9 heteroatoms. The van der Waals surface area contributed by atoms with Crippen molar-refractivity contribution in [3.05, 3.63) is 15.8 Å². The quantitative estimate of drug-likeness (QED) is 0.595. The van der Waals surface area contributed by atoms with Gasteiger partial charge >= 0.3 is 11.7 Å². The lowest BCUT2D eigenvalue weighted by atomic mass is 10.2. The second-order valence-electron chi connectivity index (χ2n) is 4.73. The van der Waals surface area contributed by atoms with Crippen molar-refractivity contribution in [1.29, 1.82) is 0 Å². The van der Waals surface area contributed by atoms with Crippen molar-refractivity contribution in [2.75, 3.05) is 11.4 Å². The number of aliphatic hydroxyl groups is 1. The van der Waals surface area contributed by atoms with Crippen molar-refractivity contribution >= 4 is 17.5 Å². The van der Waals surface area contributed by atoms with E-state index < -0.39 is 23.0 Å². The number of aliphatic hydroxyl groups excluding tert-OH is 1. The van der Waals surface area contributed by atoms with Gasteiger partial charge in [0.2, 0.25) is 5.82 Å². The first-order valence-corrected chi connectivity index (χ1v) is 6.26. The highest BCUT2D eigenvalue weighted by Crippen LogP contribution is 2.36. The Labute approximate surface area is 114 Å². The standard InChI is InChI=1S/C11H16N4O5/c1-3-14-10(9(15(19)20)6(2)12-14)13-5-7(16)4-8(13)11(17)18/h7-8,16H,3-5H2,1-2H3,(H,17,18). The topological polar surface area (TPSA) is 122 Å². The third kappa shape index (κ3) is 2.20. The lowest BCUT2D eigenvalue weighted by Gasteiger charge is -2.22. The number of aliphatic carboxylic acids is 1. The van der Waals surface area contributed by atoms with Crippen LogP contribution in [0.15, 0.2) is 0 Å². The maximum Gasteiger partial charge on any atom is 0.333 e. The molecule has 2 atom stereocenters. The average molecular weight is 284 g/mol. The summed E-state index contributed by atoms with van der Waals surface area (Å²) in [4.78, 5) is 23.3. The molecule has 1 aromatic heterocycles. The van der Waals surface area contributed by atoms with Crippen molar-refractivity contribution in [2.45, 2.75) is 39.0 Å². The van der Waals surface area contributed by atoms with Crippen molar-refractivity contribution in [3.8, 4) is 0 Å². The molecule has 1 saturated heterocycles. The highest BCUT2D eigenvalue weighted by Gasteiger charge is 2.42. The second-order valence-corrected chi connectivity index (χ2v) is 4.73. The molecule has 110 valence electrons. The van der Waals surface area contributed by atoms with Gasteiger partial charge in [-0.15, -0.1) is 0 Å². The zero-order valence-electron chi connectivity index (χ0n) is 11.2. The molecule has 1 fully saturated rings. The number of aryl methyl sites for hydroxylation is 2. The SMILES string of the molecule is CCn1nc(C)c([N+](=O)[O-])c1N1CC(O)CC1C(=O)O. The van der Waals surface area contributed by atoms with Gasteiger partial charge < -0.3 is 15.1 Å². The molecule has 2 heterocycles. The number of carboxylic acid groups (broad SMARTS) is 1. The number of rotatable bonds is 4. The number of carbonyl (C=O) groups is 1. The van der Waals surface area contributed by atoms with E-state index >= 15 is 0 Å². The molecule has 1 aromatic rings. The highest BCUT2D eigenvalue weighted by atomic mass is 16.6. The number of carboxylic acids is 1. The minimum Gasteiger partial charge on any atom is -0.480 e. The summed E-state index contributed by atoms with van der Waals surface area (Å²) >= 11 is 0. The van der Waals surface area contributed by atoms with E-state index in [2.05, 4.69) is 5.10 Å². The van der Waals surface area contributed by atoms with Crippen LogP contribution in [-0.4, -0.2) is 49.6 Å². The summed E-state index contributed by atoms with van der Waals surface area (Å²) in [7, 11) is 0. The number of β-amino-alcohol motifs (C(OH)–C–C–N with tert-alkyl or cyclic N) is 1.